The number of hydrogen-bond donors (Lipinski definition) is 1. The Morgan fingerprint density at radius 2 is 2.00 bits per heavy atom. The van der Waals surface area contributed by atoms with Crippen molar-refractivity contribution in [2.24, 2.45) is 0 Å². The second-order valence-corrected chi connectivity index (χ2v) is 6.43. The first-order valence-electron chi connectivity index (χ1n) is 8.57. The molecule has 1 amide bonds. The molecule has 30 heavy (non-hydrogen) atoms. The highest BCUT2D eigenvalue weighted by atomic mass is 19.4. The number of halogens is 3. The second-order valence-electron chi connectivity index (χ2n) is 6.43. The minimum Gasteiger partial charge on any atom is -0.444 e. The number of rotatable bonds is 5. The molecule has 3 aromatic heterocycles. The van der Waals surface area contributed by atoms with E-state index < -0.39 is 18.2 Å². The summed E-state index contributed by atoms with van der Waals surface area (Å²) in [5.41, 5.74) is 1.62. The maximum atomic E-state index is 12.6. The van der Waals surface area contributed by atoms with E-state index in [-0.39, 0.29) is 18.1 Å². The van der Waals surface area contributed by atoms with Gasteiger partial charge in [0.15, 0.2) is 0 Å². The van der Waals surface area contributed by atoms with E-state index in [9.17, 15) is 18.0 Å². The Bertz CT molecular complexity index is 1030. The van der Waals surface area contributed by atoms with Gasteiger partial charge in [-0.3, -0.25) is 10.3 Å². The number of ether oxygens (including phenoxy) is 1. The third-order valence-corrected chi connectivity index (χ3v) is 3.88. The molecule has 12 heteroatoms. The monoisotopic (exact) mass is 422 g/mol. The number of anilines is 2. The Balaban J connectivity index is 1.61. The van der Waals surface area contributed by atoms with Gasteiger partial charge in [-0.2, -0.15) is 18.2 Å². The average Bonchev–Trinajstić information content (AvgIpc) is 3.19. The van der Waals surface area contributed by atoms with Crippen molar-refractivity contribution in [2.45, 2.75) is 19.7 Å². The number of aromatic nitrogens is 4. The van der Waals surface area contributed by atoms with Gasteiger partial charge in [0, 0.05) is 25.9 Å². The minimum absolute atomic E-state index is 0.0141. The lowest BCUT2D eigenvalue weighted by Crippen LogP contribution is -2.15. The first kappa shape index (κ1) is 21.0. The maximum Gasteiger partial charge on any atom is 0.471 e. The van der Waals surface area contributed by atoms with Gasteiger partial charge in [-0.25, -0.2) is 9.78 Å². The lowest BCUT2D eigenvalue weighted by Gasteiger charge is -2.12. The van der Waals surface area contributed by atoms with Crippen LogP contribution in [0.3, 0.4) is 0 Å². The van der Waals surface area contributed by atoms with Crippen LogP contribution >= 0.6 is 0 Å². The number of carbonyl (C=O) groups is 1. The third-order valence-electron chi connectivity index (χ3n) is 3.88. The molecular weight excluding hydrogens is 405 g/mol. The minimum atomic E-state index is -4.74. The molecule has 0 saturated carbocycles. The van der Waals surface area contributed by atoms with Crippen molar-refractivity contribution in [3.8, 4) is 11.5 Å². The molecule has 158 valence electrons. The van der Waals surface area contributed by atoms with Crippen LogP contribution in [0.2, 0.25) is 0 Å². The summed E-state index contributed by atoms with van der Waals surface area (Å²) in [6, 6.07) is 5.01. The smallest absolute Gasteiger partial charge is 0.444 e. The maximum absolute atomic E-state index is 12.6. The highest BCUT2D eigenvalue weighted by molar-refractivity contribution is 5.85. The molecule has 0 aromatic carbocycles. The summed E-state index contributed by atoms with van der Waals surface area (Å²) in [5.74, 6) is -1.00. The highest BCUT2D eigenvalue weighted by Gasteiger charge is 2.38. The van der Waals surface area contributed by atoms with Crippen LogP contribution in [0.15, 0.2) is 35.1 Å². The Kier molecular flexibility index (Phi) is 5.85. The van der Waals surface area contributed by atoms with Crippen LogP contribution < -0.4 is 10.2 Å². The van der Waals surface area contributed by atoms with Gasteiger partial charge in [-0.1, -0.05) is 11.2 Å². The van der Waals surface area contributed by atoms with Gasteiger partial charge in [-0.15, -0.1) is 0 Å². The summed E-state index contributed by atoms with van der Waals surface area (Å²) in [7, 11) is 3.73. The molecule has 0 aliphatic heterocycles. The molecule has 0 radical (unpaired) electrons. The zero-order valence-corrected chi connectivity index (χ0v) is 16.2. The summed E-state index contributed by atoms with van der Waals surface area (Å²) in [4.78, 5) is 25.3. The Hall–Kier alpha value is -3.70. The van der Waals surface area contributed by atoms with Gasteiger partial charge < -0.3 is 14.2 Å². The van der Waals surface area contributed by atoms with Crippen molar-refractivity contribution in [3.63, 3.8) is 0 Å². The topological polar surface area (TPSA) is 106 Å². The number of nitrogens with one attached hydrogen (secondary N) is 1. The molecule has 0 unspecified atom stereocenters. The molecule has 0 bridgehead atoms. The lowest BCUT2D eigenvalue weighted by atomic mass is 10.2. The molecule has 0 aliphatic carbocycles. The van der Waals surface area contributed by atoms with E-state index in [1.807, 2.05) is 19.0 Å². The van der Waals surface area contributed by atoms with E-state index in [1.54, 1.807) is 25.3 Å². The number of aryl methyl sites for hydroxylation is 1. The molecule has 0 spiro atoms. The van der Waals surface area contributed by atoms with Gasteiger partial charge in [-0.05, 0) is 24.6 Å². The van der Waals surface area contributed by atoms with Gasteiger partial charge in [0.25, 0.3) is 0 Å². The van der Waals surface area contributed by atoms with Crippen molar-refractivity contribution in [1.82, 2.24) is 20.1 Å². The first-order valence-corrected chi connectivity index (χ1v) is 8.57. The molecule has 3 heterocycles. The number of pyridine rings is 2. The first-order chi connectivity index (χ1) is 14.1. The van der Waals surface area contributed by atoms with Crippen LogP contribution in [0, 0.1) is 6.92 Å². The largest absolute Gasteiger partial charge is 0.471 e. The fraction of sp³-hybridized carbons (Fsp3) is 0.278. The van der Waals surface area contributed by atoms with Crippen LogP contribution in [0.25, 0.3) is 11.5 Å². The average molecular weight is 422 g/mol. The van der Waals surface area contributed by atoms with Crippen LogP contribution in [0.4, 0.5) is 29.5 Å². The Morgan fingerprint density at radius 3 is 2.57 bits per heavy atom. The van der Waals surface area contributed by atoms with E-state index in [4.69, 9.17) is 4.74 Å². The molecular formula is C18H17F3N6O3. The van der Waals surface area contributed by atoms with Crippen molar-refractivity contribution in [2.75, 3.05) is 24.3 Å². The molecule has 0 fully saturated rings. The van der Waals surface area contributed by atoms with Crippen molar-refractivity contribution in [3.05, 3.63) is 47.6 Å². The van der Waals surface area contributed by atoms with Gasteiger partial charge >= 0.3 is 18.2 Å². The molecule has 0 saturated heterocycles. The summed E-state index contributed by atoms with van der Waals surface area (Å²) < 4.78 is 47.0. The standard InChI is InChI=1S/C18H17F3N6O3/c1-10-6-12(15-25-16(30-26-15)18(19,20)21)22-8-13(10)24-17(28)29-9-11-4-5-14(23-7-11)27(2)3/h4-8H,9H2,1-3H3,(H,24,28). The summed E-state index contributed by atoms with van der Waals surface area (Å²) >= 11 is 0. The fourth-order valence-corrected chi connectivity index (χ4v) is 2.31. The van der Waals surface area contributed by atoms with E-state index in [2.05, 4.69) is 29.9 Å². The molecule has 0 atom stereocenters. The number of nitrogens with zero attached hydrogens (tertiary/aromatic N) is 5. The van der Waals surface area contributed by atoms with E-state index in [0.717, 1.165) is 5.82 Å². The van der Waals surface area contributed by atoms with E-state index in [1.165, 1.54) is 12.3 Å². The van der Waals surface area contributed by atoms with Crippen LogP contribution in [-0.2, 0) is 17.5 Å². The molecule has 1 N–H and O–H groups in total. The van der Waals surface area contributed by atoms with Crippen molar-refractivity contribution in [1.29, 1.82) is 0 Å². The van der Waals surface area contributed by atoms with Crippen LogP contribution in [0.1, 0.15) is 17.0 Å². The van der Waals surface area contributed by atoms with Crippen molar-refractivity contribution < 1.29 is 27.2 Å². The fourth-order valence-electron chi connectivity index (χ4n) is 2.31. The Labute approximate surface area is 168 Å². The molecule has 0 aliphatic rings. The van der Waals surface area contributed by atoms with Crippen LogP contribution in [0.5, 0.6) is 0 Å². The zero-order valence-electron chi connectivity index (χ0n) is 16.2. The normalized spacial score (nSPS) is 11.3. The van der Waals surface area contributed by atoms with Gasteiger partial charge in [0.05, 0.1) is 11.9 Å². The van der Waals surface area contributed by atoms with Crippen LogP contribution in [-0.4, -0.2) is 40.3 Å². The zero-order chi connectivity index (χ0) is 21.9. The van der Waals surface area contributed by atoms with E-state index >= 15 is 0 Å². The lowest BCUT2D eigenvalue weighted by molar-refractivity contribution is -0.159. The summed E-state index contributed by atoms with van der Waals surface area (Å²) in [6.45, 7) is 1.65. The number of alkyl halides is 3. The van der Waals surface area contributed by atoms with Crippen molar-refractivity contribution >= 4 is 17.6 Å². The summed E-state index contributed by atoms with van der Waals surface area (Å²) in [5, 5.41) is 5.80. The number of hydrogen-bond acceptors (Lipinski definition) is 8. The molecule has 3 aromatic rings. The SMILES string of the molecule is Cc1cc(-c2noc(C(F)(F)F)n2)ncc1NC(=O)OCc1ccc(N(C)C)nc1. The quantitative estimate of drug-likeness (QED) is 0.664. The Morgan fingerprint density at radius 1 is 1.23 bits per heavy atom. The highest BCUT2D eigenvalue weighted by Crippen LogP contribution is 2.29. The third kappa shape index (κ3) is 5.01. The number of amides is 1. The second kappa shape index (κ2) is 8.35. The number of carbonyl (C=O) groups excluding carboxylic acids is 1. The van der Waals surface area contributed by atoms with Gasteiger partial charge in [0.1, 0.15) is 18.1 Å². The predicted octanol–water partition coefficient (Wildman–Crippen LogP) is 3.67. The van der Waals surface area contributed by atoms with Gasteiger partial charge in [0.2, 0.25) is 5.82 Å². The van der Waals surface area contributed by atoms with E-state index in [0.29, 0.717) is 16.8 Å². The molecule has 3 rings (SSSR count). The summed E-state index contributed by atoms with van der Waals surface area (Å²) in [6.07, 6.45) is -2.59. The predicted molar refractivity (Wildman–Crippen MR) is 99.6 cm³/mol. The molecule has 9 nitrogen and oxygen atoms in total.